The van der Waals surface area contributed by atoms with Gasteiger partial charge in [0, 0.05) is 30.0 Å². The van der Waals surface area contributed by atoms with Crippen LogP contribution >= 0.6 is 11.6 Å². The van der Waals surface area contributed by atoms with Crippen LogP contribution in [-0.2, 0) is 13.2 Å². The first-order valence-electron chi connectivity index (χ1n) is 10.3. The molecule has 2 aromatic heterocycles. The lowest BCUT2D eigenvalue weighted by atomic mass is 10.2. The van der Waals surface area contributed by atoms with Gasteiger partial charge in [0.25, 0.3) is 0 Å². The highest BCUT2D eigenvalue weighted by molar-refractivity contribution is 6.30. The SMILES string of the molecule is CCN(CC)Cc1ccc(-n2ccc3cc(OCc4ccc(Cl)cn4)ccc32)cc1. The molecule has 0 spiro atoms. The van der Waals surface area contributed by atoms with E-state index in [1.54, 1.807) is 6.20 Å². The van der Waals surface area contributed by atoms with Gasteiger partial charge in [-0.25, -0.2) is 0 Å². The van der Waals surface area contributed by atoms with Crippen LogP contribution in [0.25, 0.3) is 16.6 Å². The number of hydrogen-bond acceptors (Lipinski definition) is 3. The molecule has 0 fully saturated rings. The molecule has 0 aliphatic heterocycles. The molecule has 4 nitrogen and oxygen atoms in total. The Kier molecular flexibility index (Phi) is 6.36. The Morgan fingerprint density at radius 2 is 1.77 bits per heavy atom. The van der Waals surface area contributed by atoms with Gasteiger partial charge in [-0.2, -0.15) is 0 Å². The van der Waals surface area contributed by atoms with Gasteiger partial charge in [-0.3, -0.25) is 9.88 Å². The number of hydrogen-bond donors (Lipinski definition) is 0. The second-order valence-electron chi connectivity index (χ2n) is 7.29. The molecule has 0 unspecified atom stereocenters. The quantitative estimate of drug-likeness (QED) is 0.345. The molecule has 0 radical (unpaired) electrons. The van der Waals surface area contributed by atoms with Crippen molar-refractivity contribution in [1.82, 2.24) is 14.5 Å². The number of halogens is 1. The van der Waals surface area contributed by atoms with E-state index in [0.29, 0.717) is 11.6 Å². The summed E-state index contributed by atoms with van der Waals surface area (Å²) in [5, 5.41) is 1.77. The first-order valence-corrected chi connectivity index (χ1v) is 10.7. The normalized spacial score (nSPS) is 11.3. The van der Waals surface area contributed by atoms with Crippen molar-refractivity contribution >= 4 is 22.5 Å². The van der Waals surface area contributed by atoms with Gasteiger partial charge in [0.2, 0.25) is 0 Å². The summed E-state index contributed by atoms with van der Waals surface area (Å²) in [5.74, 6) is 0.826. The van der Waals surface area contributed by atoms with Crippen molar-refractivity contribution in [3.63, 3.8) is 0 Å². The lowest BCUT2D eigenvalue weighted by molar-refractivity contribution is 0.296. The van der Waals surface area contributed by atoms with E-state index < -0.39 is 0 Å². The lowest BCUT2D eigenvalue weighted by Crippen LogP contribution is -2.22. The van der Waals surface area contributed by atoms with Crippen molar-refractivity contribution in [2.24, 2.45) is 0 Å². The summed E-state index contributed by atoms with van der Waals surface area (Å²) in [7, 11) is 0. The summed E-state index contributed by atoms with van der Waals surface area (Å²) < 4.78 is 8.12. The Morgan fingerprint density at radius 3 is 2.47 bits per heavy atom. The standard InChI is InChI=1S/C25H26ClN3O/c1-3-28(4-2)17-19-5-9-23(10-6-19)29-14-13-20-15-24(11-12-25(20)29)30-18-22-8-7-21(26)16-27-22/h5-16H,3-4,17-18H2,1-2H3. The number of nitrogens with zero attached hydrogens (tertiary/aromatic N) is 3. The Bertz CT molecular complexity index is 1100. The Labute approximate surface area is 182 Å². The zero-order chi connectivity index (χ0) is 20.9. The third-order valence-electron chi connectivity index (χ3n) is 5.35. The van der Waals surface area contributed by atoms with Crippen molar-refractivity contribution in [2.75, 3.05) is 13.1 Å². The largest absolute Gasteiger partial charge is 0.487 e. The first kappa shape index (κ1) is 20.5. The molecule has 0 N–H and O–H groups in total. The average molecular weight is 420 g/mol. The summed E-state index contributed by atoms with van der Waals surface area (Å²) in [6.07, 6.45) is 3.74. The van der Waals surface area contributed by atoms with Gasteiger partial charge in [0.05, 0.1) is 16.2 Å². The zero-order valence-electron chi connectivity index (χ0n) is 17.4. The smallest absolute Gasteiger partial charge is 0.130 e. The van der Waals surface area contributed by atoms with Gasteiger partial charge in [-0.1, -0.05) is 37.6 Å². The monoisotopic (exact) mass is 419 g/mol. The summed E-state index contributed by atoms with van der Waals surface area (Å²) in [4.78, 5) is 6.69. The van der Waals surface area contributed by atoms with Crippen molar-refractivity contribution in [3.8, 4) is 11.4 Å². The highest BCUT2D eigenvalue weighted by atomic mass is 35.5. The number of aromatic nitrogens is 2. The third kappa shape index (κ3) is 4.66. The minimum atomic E-state index is 0.414. The van der Waals surface area contributed by atoms with E-state index in [1.165, 1.54) is 5.56 Å². The van der Waals surface area contributed by atoms with Gasteiger partial charge in [0.1, 0.15) is 12.4 Å². The molecule has 30 heavy (non-hydrogen) atoms. The van der Waals surface area contributed by atoms with E-state index >= 15 is 0 Å². The molecule has 2 heterocycles. The van der Waals surface area contributed by atoms with E-state index in [9.17, 15) is 0 Å². The minimum Gasteiger partial charge on any atom is -0.487 e. The molecular formula is C25H26ClN3O. The van der Waals surface area contributed by atoms with Gasteiger partial charge in [-0.05, 0) is 67.2 Å². The highest BCUT2D eigenvalue weighted by Crippen LogP contribution is 2.25. The molecule has 0 aliphatic rings. The molecule has 0 saturated carbocycles. The molecule has 0 amide bonds. The van der Waals surface area contributed by atoms with Crippen LogP contribution in [0, 0.1) is 0 Å². The van der Waals surface area contributed by atoms with E-state index in [1.807, 2.05) is 18.2 Å². The predicted molar refractivity (Wildman–Crippen MR) is 123 cm³/mol. The van der Waals surface area contributed by atoms with Crippen molar-refractivity contribution < 1.29 is 4.74 Å². The predicted octanol–water partition coefficient (Wildman–Crippen LogP) is 6.10. The molecule has 0 aliphatic carbocycles. The minimum absolute atomic E-state index is 0.414. The molecule has 2 aromatic carbocycles. The average Bonchev–Trinajstić information content (AvgIpc) is 3.21. The summed E-state index contributed by atoms with van der Waals surface area (Å²) in [6, 6.07) is 20.8. The van der Waals surface area contributed by atoms with Crippen LogP contribution in [0.2, 0.25) is 5.02 Å². The van der Waals surface area contributed by atoms with Crippen LogP contribution < -0.4 is 4.74 Å². The molecule has 4 aromatic rings. The Morgan fingerprint density at radius 1 is 0.967 bits per heavy atom. The number of rotatable bonds is 8. The third-order valence-corrected chi connectivity index (χ3v) is 5.58. The van der Waals surface area contributed by atoms with E-state index in [2.05, 4.69) is 77.0 Å². The Balaban J connectivity index is 1.48. The van der Waals surface area contributed by atoms with Crippen molar-refractivity contribution in [1.29, 1.82) is 0 Å². The van der Waals surface area contributed by atoms with Gasteiger partial charge >= 0.3 is 0 Å². The van der Waals surface area contributed by atoms with Crippen LogP contribution in [0.3, 0.4) is 0 Å². The number of pyridine rings is 1. The Hall–Kier alpha value is -2.82. The molecule has 5 heteroatoms. The van der Waals surface area contributed by atoms with Crippen LogP contribution in [0.4, 0.5) is 0 Å². The number of fused-ring (bicyclic) bond motifs is 1. The lowest BCUT2D eigenvalue weighted by Gasteiger charge is -2.18. The molecule has 0 atom stereocenters. The van der Waals surface area contributed by atoms with E-state index in [-0.39, 0.29) is 0 Å². The van der Waals surface area contributed by atoms with Crippen molar-refractivity contribution in [3.05, 3.63) is 89.3 Å². The maximum atomic E-state index is 5.91. The van der Waals surface area contributed by atoms with Crippen LogP contribution in [0.1, 0.15) is 25.1 Å². The maximum absolute atomic E-state index is 5.91. The molecule has 154 valence electrons. The second-order valence-corrected chi connectivity index (χ2v) is 7.73. The molecule has 0 saturated heterocycles. The summed E-state index contributed by atoms with van der Waals surface area (Å²) in [6.45, 7) is 7.94. The van der Waals surface area contributed by atoms with Crippen LogP contribution in [0.15, 0.2) is 73.1 Å². The van der Waals surface area contributed by atoms with Crippen molar-refractivity contribution in [2.45, 2.75) is 27.0 Å². The summed E-state index contributed by atoms with van der Waals surface area (Å²) in [5.41, 5.74) is 4.50. The summed E-state index contributed by atoms with van der Waals surface area (Å²) >= 11 is 5.88. The highest BCUT2D eigenvalue weighted by Gasteiger charge is 2.07. The van der Waals surface area contributed by atoms with E-state index in [0.717, 1.165) is 47.7 Å². The fourth-order valence-corrected chi connectivity index (χ4v) is 3.66. The fraction of sp³-hybridized carbons (Fsp3) is 0.240. The zero-order valence-corrected chi connectivity index (χ0v) is 18.1. The molecule has 0 bridgehead atoms. The molecular weight excluding hydrogens is 394 g/mol. The number of ether oxygens (including phenoxy) is 1. The maximum Gasteiger partial charge on any atom is 0.130 e. The fourth-order valence-electron chi connectivity index (χ4n) is 3.55. The van der Waals surface area contributed by atoms with Crippen LogP contribution in [-0.4, -0.2) is 27.5 Å². The first-order chi connectivity index (χ1) is 14.7. The van der Waals surface area contributed by atoms with Gasteiger partial charge in [-0.15, -0.1) is 0 Å². The van der Waals surface area contributed by atoms with Gasteiger partial charge in [0.15, 0.2) is 0 Å². The van der Waals surface area contributed by atoms with Crippen LogP contribution in [0.5, 0.6) is 5.75 Å². The second kappa shape index (κ2) is 9.33. The molecule has 4 rings (SSSR count). The van der Waals surface area contributed by atoms with E-state index in [4.69, 9.17) is 16.3 Å². The van der Waals surface area contributed by atoms with Gasteiger partial charge < -0.3 is 9.30 Å². The number of benzene rings is 2. The topological polar surface area (TPSA) is 30.3 Å².